The van der Waals surface area contributed by atoms with Crippen molar-refractivity contribution < 1.29 is 18.7 Å². The van der Waals surface area contributed by atoms with Crippen molar-refractivity contribution in [2.24, 2.45) is 5.73 Å². The molecule has 0 bridgehead atoms. The average Bonchev–Trinajstić information content (AvgIpc) is 2.73. The van der Waals surface area contributed by atoms with Crippen LogP contribution in [0.5, 0.6) is 5.75 Å². The second-order valence-corrected chi connectivity index (χ2v) is 7.08. The molecule has 2 amide bonds. The number of primary amides is 1. The number of nitrogens with two attached hydrogens (primary N) is 1. The molecule has 3 rings (SSSR count). The number of hydrogen-bond donors (Lipinski definition) is 2. The summed E-state index contributed by atoms with van der Waals surface area (Å²) in [6.45, 7) is 3.66. The average molecular weight is 399 g/mol. The van der Waals surface area contributed by atoms with E-state index in [4.69, 9.17) is 10.5 Å². The van der Waals surface area contributed by atoms with Gasteiger partial charge in [0.25, 0.3) is 5.91 Å². The molecule has 2 aromatic rings. The third-order valence-corrected chi connectivity index (χ3v) is 5.08. The number of carbonyl (C=O) groups excluding carboxylic acids is 2. The topological polar surface area (TPSA) is 84.7 Å². The molecule has 1 heterocycles. The number of rotatable bonds is 7. The van der Waals surface area contributed by atoms with Crippen molar-refractivity contribution in [3.05, 3.63) is 65.5 Å². The van der Waals surface area contributed by atoms with Gasteiger partial charge in [0.15, 0.2) is 0 Å². The van der Waals surface area contributed by atoms with Gasteiger partial charge in [0.1, 0.15) is 17.6 Å². The molecule has 1 unspecified atom stereocenters. The molecule has 1 aliphatic heterocycles. The Kier molecular flexibility index (Phi) is 6.82. The van der Waals surface area contributed by atoms with Crippen LogP contribution in [0, 0.1) is 5.82 Å². The van der Waals surface area contributed by atoms with Gasteiger partial charge in [0.05, 0.1) is 6.61 Å². The molecule has 1 atom stereocenters. The molecule has 154 valence electrons. The largest absolute Gasteiger partial charge is 0.494 e. The lowest BCUT2D eigenvalue weighted by atomic mass is 9.99. The van der Waals surface area contributed by atoms with Crippen LogP contribution in [0.1, 0.15) is 41.7 Å². The number of ether oxygens (including phenoxy) is 1. The minimum atomic E-state index is -0.686. The summed E-state index contributed by atoms with van der Waals surface area (Å²) >= 11 is 0. The fourth-order valence-corrected chi connectivity index (χ4v) is 3.53. The van der Waals surface area contributed by atoms with E-state index in [1.807, 2.05) is 11.8 Å². The summed E-state index contributed by atoms with van der Waals surface area (Å²) in [4.78, 5) is 26.4. The molecule has 0 spiro atoms. The number of benzene rings is 2. The van der Waals surface area contributed by atoms with Crippen LogP contribution < -0.4 is 15.8 Å². The van der Waals surface area contributed by atoms with Crippen LogP contribution in [0.2, 0.25) is 0 Å². The molecule has 0 saturated carbocycles. The van der Waals surface area contributed by atoms with Gasteiger partial charge in [-0.15, -0.1) is 0 Å². The zero-order valence-electron chi connectivity index (χ0n) is 16.4. The maximum Gasteiger partial charge on any atom is 0.253 e. The number of nitrogens with zero attached hydrogens (tertiary/aromatic N) is 1. The molecule has 0 aliphatic carbocycles. The number of halogens is 1. The van der Waals surface area contributed by atoms with E-state index < -0.39 is 11.9 Å². The van der Waals surface area contributed by atoms with Crippen molar-refractivity contribution in [2.75, 3.05) is 19.7 Å². The maximum atomic E-state index is 13.1. The lowest BCUT2D eigenvalue weighted by molar-refractivity contribution is -0.120. The highest BCUT2D eigenvalue weighted by atomic mass is 19.1. The van der Waals surface area contributed by atoms with Gasteiger partial charge in [0.2, 0.25) is 5.91 Å². The standard InChI is InChI=1S/C22H26FN3O3/c1-2-29-19-9-5-16(6-10-19)22(28)26-13-11-18(12-14-26)25-20(21(24)27)15-3-7-17(23)8-4-15/h3-10,18,20,25H,2,11-14H2,1H3,(H2,24,27). The molecule has 6 nitrogen and oxygen atoms in total. The molecule has 3 N–H and O–H groups in total. The Labute approximate surface area is 169 Å². The fourth-order valence-electron chi connectivity index (χ4n) is 3.53. The Hall–Kier alpha value is -2.93. The summed E-state index contributed by atoms with van der Waals surface area (Å²) in [6, 6.07) is 12.2. The van der Waals surface area contributed by atoms with Crippen molar-refractivity contribution >= 4 is 11.8 Å². The van der Waals surface area contributed by atoms with Gasteiger partial charge >= 0.3 is 0 Å². The zero-order chi connectivity index (χ0) is 20.8. The van der Waals surface area contributed by atoms with Gasteiger partial charge in [-0.3, -0.25) is 14.9 Å². The van der Waals surface area contributed by atoms with Crippen molar-refractivity contribution in [2.45, 2.75) is 31.8 Å². The van der Waals surface area contributed by atoms with Gasteiger partial charge in [-0.25, -0.2) is 4.39 Å². The van der Waals surface area contributed by atoms with E-state index in [2.05, 4.69) is 5.32 Å². The first-order valence-electron chi connectivity index (χ1n) is 9.81. The second kappa shape index (κ2) is 9.52. The molecule has 29 heavy (non-hydrogen) atoms. The summed E-state index contributed by atoms with van der Waals surface area (Å²) in [7, 11) is 0. The number of carbonyl (C=O) groups is 2. The Morgan fingerprint density at radius 1 is 1.14 bits per heavy atom. The monoisotopic (exact) mass is 399 g/mol. The predicted molar refractivity (Wildman–Crippen MR) is 108 cm³/mol. The lowest BCUT2D eigenvalue weighted by Crippen LogP contribution is -2.48. The van der Waals surface area contributed by atoms with E-state index in [0.29, 0.717) is 43.7 Å². The lowest BCUT2D eigenvalue weighted by Gasteiger charge is -2.34. The number of likely N-dealkylation sites (tertiary alicyclic amines) is 1. The highest BCUT2D eigenvalue weighted by Crippen LogP contribution is 2.20. The minimum absolute atomic E-state index is 0.0171. The van der Waals surface area contributed by atoms with Crippen molar-refractivity contribution in [3.63, 3.8) is 0 Å². The highest BCUT2D eigenvalue weighted by molar-refractivity contribution is 5.94. The first-order chi connectivity index (χ1) is 14.0. The third kappa shape index (κ3) is 5.32. The smallest absolute Gasteiger partial charge is 0.253 e. The van der Waals surface area contributed by atoms with Crippen LogP contribution in [0.4, 0.5) is 4.39 Å². The van der Waals surface area contributed by atoms with E-state index in [-0.39, 0.29) is 17.8 Å². The minimum Gasteiger partial charge on any atom is -0.494 e. The van der Waals surface area contributed by atoms with Crippen LogP contribution in [0.25, 0.3) is 0 Å². The summed E-state index contributed by atoms with van der Waals surface area (Å²) < 4.78 is 18.6. The normalized spacial score (nSPS) is 15.7. The summed E-state index contributed by atoms with van der Waals surface area (Å²) in [5, 5.41) is 3.26. The van der Waals surface area contributed by atoms with Gasteiger partial charge in [0, 0.05) is 24.7 Å². The van der Waals surface area contributed by atoms with E-state index in [1.54, 1.807) is 36.4 Å². The predicted octanol–water partition coefficient (Wildman–Crippen LogP) is 2.65. The Morgan fingerprint density at radius 2 is 1.76 bits per heavy atom. The Bertz CT molecular complexity index is 831. The van der Waals surface area contributed by atoms with Crippen LogP contribution in [0.3, 0.4) is 0 Å². The zero-order valence-corrected chi connectivity index (χ0v) is 16.4. The maximum absolute atomic E-state index is 13.1. The number of nitrogens with one attached hydrogen (secondary N) is 1. The van der Waals surface area contributed by atoms with Crippen molar-refractivity contribution in [1.82, 2.24) is 10.2 Å². The van der Waals surface area contributed by atoms with Crippen molar-refractivity contribution in [3.8, 4) is 5.75 Å². The van der Waals surface area contributed by atoms with Gasteiger partial charge in [-0.05, 0) is 61.7 Å². The molecule has 2 aromatic carbocycles. The summed E-state index contributed by atoms with van der Waals surface area (Å²) in [5.74, 6) is -0.149. The Morgan fingerprint density at radius 3 is 2.31 bits per heavy atom. The fraction of sp³-hybridized carbons (Fsp3) is 0.364. The molecule has 0 radical (unpaired) electrons. The molecule has 1 saturated heterocycles. The molecular formula is C22H26FN3O3. The molecule has 1 fully saturated rings. The SMILES string of the molecule is CCOc1ccc(C(=O)N2CCC(NC(C(N)=O)c3ccc(F)cc3)CC2)cc1. The van der Waals surface area contributed by atoms with Crippen LogP contribution in [-0.4, -0.2) is 42.5 Å². The molecule has 7 heteroatoms. The molecule has 0 aromatic heterocycles. The quantitative estimate of drug-likeness (QED) is 0.750. The van der Waals surface area contributed by atoms with E-state index in [1.165, 1.54) is 12.1 Å². The number of hydrogen-bond acceptors (Lipinski definition) is 4. The van der Waals surface area contributed by atoms with Gasteiger partial charge in [-0.2, -0.15) is 0 Å². The summed E-state index contributed by atoms with van der Waals surface area (Å²) in [5.41, 5.74) is 6.80. The van der Waals surface area contributed by atoms with Crippen LogP contribution in [-0.2, 0) is 4.79 Å². The second-order valence-electron chi connectivity index (χ2n) is 7.08. The summed E-state index contributed by atoms with van der Waals surface area (Å²) in [6.07, 6.45) is 1.40. The van der Waals surface area contributed by atoms with Gasteiger partial charge < -0.3 is 15.4 Å². The molecular weight excluding hydrogens is 373 g/mol. The van der Waals surface area contributed by atoms with Crippen LogP contribution >= 0.6 is 0 Å². The van der Waals surface area contributed by atoms with E-state index in [9.17, 15) is 14.0 Å². The third-order valence-electron chi connectivity index (χ3n) is 5.08. The van der Waals surface area contributed by atoms with E-state index in [0.717, 1.165) is 5.75 Å². The molecule has 1 aliphatic rings. The van der Waals surface area contributed by atoms with Gasteiger partial charge in [-0.1, -0.05) is 12.1 Å². The number of amides is 2. The Balaban J connectivity index is 1.57. The highest BCUT2D eigenvalue weighted by Gasteiger charge is 2.27. The number of piperidine rings is 1. The first-order valence-corrected chi connectivity index (χ1v) is 9.81. The first kappa shape index (κ1) is 20.8. The van der Waals surface area contributed by atoms with Crippen LogP contribution in [0.15, 0.2) is 48.5 Å². The van der Waals surface area contributed by atoms with Crippen molar-refractivity contribution in [1.29, 1.82) is 0 Å². The van der Waals surface area contributed by atoms with E-state index >= 15 is 0 Å².